The summed E-state index contributed by atoms with van der Waals surface area (Å²) in [6.07, 6.45) is 1.22. The maximum absolute atomic E-state index is 12.5. The number of carboxylic acids is 1. The monoisotopic (exact) mass is 430 g/mol. The Morgan fingerprint density at radius 1 is 1.00 bits per heavy atom. The maximum Gasteiger partial charge on any atom is 0.339 e. The third-order valence-corrected chi connectivity index (χ3v) is 4.67. The molecule has 148 valence electrons. The number of rotatable bonds is 7. The van der Waals surface area contributed by atoms with Gasteiger partial charge in [0.1, 0.15) is 23.7 Å². The third-order valence-electron chi connectivity index (χ3n) is 4.01. The van der Waals surface area contributed by atoms with Gasteiger partial charge in [-0.15, -0.1) is 0 Å². The molecule has 1 amide bonds. The van der Waals surface area contributed by atoms with Gasteiger partial charge in [-0.05, 0) is 29.8 Å². The summed E-state index contributed by atoms with van der Waals surface area (Å²) in [4.78, 5) is 27.7. The van der Waals surface area contributed by atoms with Crippen LogP contribution in [-0.4, -0.2) is 22.0 Å². The van der Waals surface area contributed by atoms with Gasteiger partial charge in [-0.3, -0.25) is 4.79 Å². The van der Waals surface area contributed by atoms with Gasteiger partial charge in [-0.2, -0.15) is 0 Å². The van der Waals surface area contributed by atoms with Crippen molar-refractivity contribution in [2.45, 2.75) is 13.0 Å². The second-order valence-corrected chi connectivity index (χ2v) is 6.86. The summed E-state index contributed by atoms with van der Waals surface area (Å²) in [7, 11) is 0. The predicted molar refractivity (Wildman–Crippen MR) is 111 cm³/mol. The molecule has 0 aliphatic rings. The van der Waals surface area contributed by atoms with Crippen LogP contribution in [0.5, 0.6) is 5.75 Å². The summed E-state index contributed by atoms with van der Waals surface area (Å²) in [5.41, 5.74) is 1.22. The highest BCUT2D eigenvalue weighted by Gasteiger charge is 2.19. The van der Waals surface area contributed by atoms with E-state index in [9.17, 15) is 14.7 Å². The fraction of sp³-hybridized carbons (Fsp3) is 0.0952. The zero-order valence-corrected chi connectivity index (χ0v) is 16.6. The van der Waals surface area contributed by atoms with Gasteiger partial charge in [0.2, 0.25) is 5.91 Å². The van der Waals surface area contributed by atoms with E-state index in [1.54, 1.807) is 12.1 Å². The largest absolute Gasteiger partial charge is 0.487 e. The summed E-state index contributed by atoms with van der Waals surface area (Å²) in [6, 6.07) is 15.5. The molecular weight excluding hydrogens is 415 g/mol. The highest BCUT2D eigenvalue weighted by molar-refractivity contribution is 6.35. The molecule has 0 saturated heterocycles. The first kappa shape index (κ1) is 20.6. The standard InChI is InChI=1S/C21H16Cl2N2O4/c22-16-8-9-17(23)19(29-12-13-5-2-1-3-6-13)15(16)11-18(26)25-20-14(21(27)28)7-4-10-24-20/h1-10H,11-12H2,(H,27,28)(H,24,25,26). The van der Waals surface area contributed by atoms with E-state index in [4.69, 9.17) is 27.9 Å². The van der Waals surface area contributed by atoms with Crippen LogP contribution in [0.4, 0.5) is 5.82 Å². The van der Waals surface area contributed by atoms with Crippen molar-refractivity contribution in [1.29, 1.82) is 0 Å². The summed E-state index contributed by atoms with van der Waals surface area (Å²) in [5.74, 6) is -1.44. The Hall–Kier alpha value is -3.09. The quantitative estimate of drug-likeness (QED) is 0.559. The van der Waals surface area contributed by atoms with Gasteiger partial charge >= 0.3 is 5.97 Å². The number of halogens is 2. The van der Waals surface area contributed by atoms with Crippen LogP contribution in [0.3, 0.4) is 0 Å². The van der Waals surface area contributed by atoms with Crippen LogP contribution in [0.25, 0.3) is 0 Å². The number of aromatic carboxylic acids is 1. The molecule has 0 aliphatic carbocycles. The number of carbonyl (C=O) groups excluding carboxylic acids is 1. The van der Waals surface area contributed by atoms with E-state index in [1.165, 1.54) is 18.3 Å². The van der Waals surface area contributed by atoms with Crippen molar-refractivity contribution in [3.8, 4) is 5.75 Å². The van der Waals surface area contributed by atoms with Crippen LogP contribution >= 0.6 is 23.2 Å². The number of amides is 1. The molecule has 0 fully saturated rings. The fourth-order valence-corrected chi connectivity index (χ4v) is 3.09. The molecule has 0 spiro atoms. The zero-order valence-electron chi connectivity index (χ0n) is 15.1. The molecule has 0 saturated carbocycles. The lowest BCUT2D eigenvalue weighted by Gasteiger charge is -2.15. The molecule has 29 heavy (non-hydrogen) atoms. The van der Waals surface area contributed by atoms with Crippen molar-refractivity contribution in [2.75, 3.05) is 5.32 Å². The predicted octanol–water partition coefficient (Wildman–Crippen LogP) is 4.85. The minimum Gasteiger partial charge on any atom is -0.487 e. The molecule has 1 heterocycles. The van der Waals surface area contributed by atoms with E-state index in [0.717, 1.165) is 5.56 Å². The van der Waals surface area contributed by atoms with Crippen LogP contribution in [0.1, 0.15) is 21.5 Å². The van der Waals surface area contributed by atoms with E-state index >= 15 is 0 Å². The summed E-state index contributed by atoms with van der Waals surface area (Å²) in [5, 5.41) is 12.4. The molecule has 0 unspecified atom stereocenters. The number of carboxylic acid groups (broad SMARTS) is 1. The highest BCUT2D eigenvalue weighted by atomic mass is 35.5. The van der Waals surface area contributed by atoms with Gasteiger partial charge in [0.25, 0.3) is 0 Å². The van der Waals surface area contributed by atoms with Gasteiger partial charge in [-0.25, -0.2) is 9.78 Å². The number of hydrogen-bond donors (Lipinski definition) is 2. The van der Waals surface area contributed by atoms with Crippen molar-refractivity contribution < 1.29 is 19.4 Å². The SMILES string of the molecule is O=C(Cc1c(Cl)ccc(Cl)c1OCc1ccccc1)Nc1ncccc1C(=O)O. The van der Waals surface area contributed by atoms with Crippen molar-refractivity contribution in [3.05, 3.63) is 87.5 Å². The maximum atomic E-state index is 12.5. The summed E-state index contributed by atoms with van der Waals surface area (Å²) < 4.78 is 5.84. The molecule has 2 aromatic carbocycles. The number of ether oxygens (including phenoxy) is 1. The zero-order chi connectivity index (χ0) is 20.8. The topological polar surface area (TPSA) is 88.5 Å². The van der Waals surface area contributed by atoms with Crippen molar-refractivity contribution in [2.24, 2.45) is 0 Å². The Kier molecular flexibility index (Phi) is 6.69. The first-order chi connectivity index (χ1) is 14.0. The highest BCUT2D eigenvalue weighted by Crippen LogP contribution is 2.35. The summed E-state index contributed by atoms with van der Waals surface area (Å²) in [6.45, 7) is 0.249. The molecule has 2 N–H and O–H groups in total. The van der Waals surface area contributed by atoms with Crippen LogP contribution in [-0.2, 0) is 17.8 Å². The van der Waals surface area contributed by atoms with Crippen LogP contribution in [0.2, 0.25) is 10.0 Å². The number of pyridine rings is 1. The number of aromatic nitrogens is 1. The fourth-order valence-electron chi connectivity index (χ4n) is 2.64. The van der Waals surface area contributed by atoms with Gasteiger partial charge in [0, 0.05) is 16.8 Å². The van der Waals surface area contributed by atoms with E-state index in [-0.39, 0.29) is 24.4 Å². The van der Waals surface area contributed by atoms with Crippen molar-refractivity contribution >= 4 is 40.9 Å². The van der Waals surface area contributed by atoms with Crippen molar-refractivity contribution in [1.82, 2.24) is 4.98 Å². The Labute approximate surface area is 177 Å². The molecule has 8 heteroatoms. The van der Waals surface area contributed by atoms with E-state index < -0.39 is 11.9 Å². The lowest BCUT2D eigenvalue weighted by atomic mass is 10.1. The molecule has 0 aliphatic heterocycles. The molecular formula is C21H16Cl2N2O4. The minimum atomic E-state index is -1.19. The molecule has 3 rings (SSSR count). The minimum absolute atomic E-state index is 0.0464. The van der Waals surface area contributed by atoms with E-state index in [2.05, 4.69) is 10.3 Å². The number of nitrogens with zero attached hydrogens (tertiary/aromatic N) is 1. The number of carbonyl (C=O) groups is 2. The van der Waals surface area contributed by atoms with Crippen LogP contribution in [0.15, 0.2) is 60.8 Å². The second kappa shape index (κ2) is 9.41. The molecule has 3 aromatic rings. The van der Waals surface area contributed by atoms with Gasteiger partial charge in [-0.1, -0.05) is 53.5 Å². The average Bonchev–Trinajstić information content (AvgIpc) is 2.71. The number of hydrogen-bond acceptors (Lipinski definition) is 4. The van der Waals surface area contributed by atoms with Gasteiger partial charge < -0.3 is 15.2 Å². The molecule has 0 bridgehead atoms. The van der Waals surface area contributed by atoms with E-state index in [0.29, 0.717) is 21.4 Å². The van der Waals surface area contributed by atoms with Gasteiger partial charge in [0.05, 0.1) is 11.4 Å². The van der Waals surface area contributed by atoms with Crippen LogP contribution < -0.4 is 10.1 Å². The average molecular weight is 431 g/mol. The lowest BCUT2D eigenvalue weighted by Crippen LogP contribution is -2.18. The Bertz CT molecular complexity index is 1040. The Balaban J connectivity index is 1.80. The van der Waals surface area contributed by atoms with Crippen molar-refractivity contribution in [3.63, 3.8) is 0 Å². The van der Waals surface area contributed by atoms with E-state index in [1.807, 2.05) is 30.3 Å². The molecule has 1 aromatic heterocycles. The smallest absolute Gasteiger partial charge is 0.339 e. The normalized spacial score (nSPS) is 10.4. The molecule has 0 atom stereocenters. The first-order valence-electron chi connectivity index (χ1n) is 8.57. The number of nitrogens with one attached hydrogen (secondary N) is 1. The Morgan fingerprint density at radius 2 is 1.72 bits per heavy atom. The second-order valence-electron chi connectivity index (χ2n) is 6.04. The number of anilines is 1. The third kappa shape index (κ3) is 5.25. The Morgan fingerprint density at radius 3 is 2.45 bits per heavy atom. The van der Waals surface area contributed by atoms with Gasteiger partial charge in [0.15, 0.2) is 0 Å². The molecule has 6 nitrogen and oxygen atoms in total. The first-order valence-corrected chi connectivity index (χ1v) is 9.33. The van der Waals surface area contributed by atoms with Crippen LogP contribution in [0, 0.1) is 0 Å². The molecule has 0 radical (unpaired) electrons. The lowest BCUT2D eigenvalue weighted by molar-refractivity contribution is -0.115. The number of benzene rings is 2. The summed E-state index contributed by atoms with van der Waals surface area (Å²) >= 11 is 12.6.